The molecule has 1 aromatic carbocycles. The lowest BCUT2D eigenvalue weighted by molar-refractivity contribution is 0.141. The van der Waals surface area contributed by atoms with Crippen LogP contribution in [0.3, 0.4) is 0 Å². The van der Waals surface area contributed by atoms with Gasteiger partial charge in [0.05, 0.1) is 6.61 Å². The smallest absolute Gasteiger partial charge is 0.0719 e. The zero-order valence-electron chi connectivity index (χ0n) is 7.79. The molecule has 0 bridgehead atoms. The highest BCUT2D eigenvalue weighted by atomic mass is 16.6. The Morgan fingerprint density at radius 3 is 2.25 bits per heavy atom. The van der Waals surface area contributed by atoms with Crippen molar-refractivity contribution in [1.82, 2.24) is 0 Å². The average Bonchev–Trinajstić information content (AvgIpc) is 2.19. The molecule has 1 rings (SSSR count). The summed E-state index contributed by atoms with van der Waals surface area (Å²) in [7, 11) is 0. The van der Waals surface area contributed by atoms with Gasteiger partial charge in [0.2, 0.25) is 0 Å². The Morgan fingerprint density at radius 1 is 1.17 bits per heavy atom. The molecule has 0 saturated heterocycles. The van der Waals surface area contributed by atoms with E-state index in [4.69, 9.17) is 5.90 Å². The lowest BCUT2D eigenvalue weighted by Crippen LogP contribution is -2.03. The first-order valence-corrected chi connectivity index (χ1v) is 4.29. The van der Waals surface area contributed by atoms with E-state index in [0.717, 1.165) is 6.42 Å². The zero-order chi connectivity index (χ0) is 9.23. The maximum Gasteiger partial charge on any atom is 0.0719 e. The number of rotatable bonds is 3. The second kappa shape index (κ2) is 8.24. The molecule has 68 valence electrons. The fourth-order valence-electron chi connectivity index (χ4n) is 0.821. The summed E-state index contributed by atoms with van der Waals surface area (Å²) >= 11 is 0. The van der Waals surface area contributed by atoms with Crippen LogP contribution in [-0.4, -0.2) is 6.61 Å². The van der Waals surface area contributed by atoms with Crippen LogP contribution >= 0.6 is 0 Å². The van der Waals surface area contributed by atoms with Crippen molar-refractivity contribution in [2.75, 3.05) is 6.61 Å². The third kappa shape index (κ3) is 4.88. The number of nitrogens with two attached hydrogens (primary N) is 1. The minimum Gasteiger partial charge on any atom is -0.304 e. The van der Waals surface area contributed by atoms with E-state index >= 15 is 0 Å². The molecule has 2 nitrogen and oxygen atoms in total. The highest BCUT2D eigenvalue weighted by molar-refractivity contribution is 5.14. The van der Waals surface area contributed by atoms with E-state index in [9.17, 15) is 0 Å². The number of benzene rings is 1. The van der Waals surface area contributed by atoms with E-state index in [1.807, 2.05) is 32.0 Å². The molecule has 0 aromatic heterocycles. The van der Waals surface area contributed by atoms with Gasteiger partial charge in [0.25, 0.3) is 0 Å². The first-order valence-electron chi connectivity index (χ1n) is 4.29. The number of hydrogen-bond donors (Lipinski definition) is 1. The van der Waals surface area contributed by atoms with Gasteiger partial charge in [0.1, 0.15) is 0 Å². The molecule has 2 N–H and O–H groups in total. The Kier molecular flexibility index (Phi) is 7.65. The minimum absolute atomic E-state index is 0.587. The van der Waals surface area contributed by atoms with Crippen LogP contribution in [0.4, 0.5) is 0 Å². The standard InChI is InChI=1S/C8H11NO.C2H6/c9-10-7-6-8-4-2-1-3-5-8;1-2/h1-5H,6-7,9H2;1-2H3. The summed E-state index contributed by atoms with van der Waals surface area (Å²) in [5, 5.41) is 0. The largest absolute Gasteiger partial charge is 0.304 e. The summed E-state index contributed by atoms with van der Waals surface area (Å²) in [6, 6.07) is 10.1. The minimum atomic E-state index is 0.587. The first kappa shape index (κ1) is 11.1. The van der Waals surface area contributed by atoms with Crippen molar-refractivity contribution in [3.05, 3.63) is 35.9 Å². The third-order valence-electron chi connectivity index (χ3n) is 1.35. The van der Waals surface area contributed by atoms with E-state index in [1.165, 1.54) is 5.56 Å². The predicted molar refractivity (Wildman–Crippen MR) is 51.6 cm³/mol. The summed E-state index contributed by atoms with van der Waals surface area (Å²) in [6.07, 6.45) is 0.886. The molecule has 0 radical (unpaired) electrons. The van der Waals surface area contributed by atoms with Crippen LogP contribution in [-0.2, 0) is 11.3 Å². The highest BCUT2D eigenvalue weighted by Gasteiger charge is 1.88. The van der Waals surface area contributed by atoms with Crippen LogP contribution in [0.5, 0.6) is 0 Å². The second-order valence-corrected chi connectivity index (χ2v) is 2.11. The Labute approximate surface area is 74.3 Å². The summed E-state index contributed by atoms with van der Waals surface area (Å²) in [4.78, 5) is 4.45. The molecule has 0 heterocycles. The van der Waals surface area contributed by atoms with Gasteiger partial charge in [-0.1, -0.05) is 44.2 Å². The molecule has 0 spiro atoms. The Balaban J connectivity index is 0.000000561. The van der Waals surface area contributed by atoms with Crippen molar-refractivity contribution in [1.29, 1.82) is 0 Å². The molecule has 12 heavy (non-hydrogen) atoms. The topological polar surface area (TPSA) is 35.2 Å². The molecule has 1 aromatic rings. The maximum absolute atomic E-state index is 4.88. The maximum atomic E-state index is 4.88. The van der Waals surface area contributed by atoms with Gasteiger partial charge in [0, 0.05) is 0 Å². The average molecular weight is 167 g/mol. The second-order valence-electron chi connectivity index (χ2n) is 2.11. The van der Waals surface area contributed by atoms with Crippen molar-refractivity contribution in [2.45, 2.75) is 20.3 Å². The van der Waals surface area contributed by atoms with Crippen LogP contribution in [0.1, 0.15) is 19.4 Å². The summed E-state index contributed by atoms with van der Waals surface area (Å²) < 4.78 is 0. The quantitative estimate of drug-likeness (QED) is 0.700. The molecular formula is C10H17NO. The van der Waals surface area contributed by atoms with E-state index in [0.29, 0.717) is 6.61 Å². The van der Waals surface area contributed by atoms with Gasteiger partial charge >= 0.3 is 0 Å². The number of hydrogen-bond acceptors (Lipinski definition) is 2. The fourth-order valence-corrected chi connectivity index (χ4v) is 0.821. The van der Waals surface area contributed by atoms with Gasteiger partial charge in [-0.2, -0.15) is 0 Å². The molecule has 0 fully saturated rings. The summed E-state index contributed by atoms with van der Waals surface area (Å²) in [6.45, 7) is 4.59. The molecular weight excluding hydrogens is 150 g/mol. The molecule has 0 aliphatic heterocycles. The summed E-state index contributed by atoms with van der Waals surface area (Å²) in [5.41, 5.74) is 1.26. The van der Waals surface area contributed by atoms with Crippen molar-refractivity contribution in [2.24, 2.45) is 5.90 Å². The Hall–Kier alpha value is -0.860. The van der Waals surface area contributed by atoms with Gasteiger partial charge < -0.3 is 4.84 Å². The molecule has 0 saturated carbocycles. The molecule has 0 amide bonds. The van der Waals surface area contributed by atoms with Crippen molar-refractivity contribution < 1.29 is 4.84 Å². The SMILES string of the molecule is CC.NOCCc1ccccc1. The third-order valence-corrected chi connectivity index (χ3v) is 1.35. The van der Waals surface area contributed by atoms with Crippen molar-refractivity contribution >= 4 is 0 Å². The zero-order valence-corrected chi connectivity index (χ0v) is 7.79. The van der Waals surface area contributed by atoms with Gasteiger partial charge in [-0.15, -0.1) is 0 Å². The van der Waals surface area contributed by atoms with Gasteiger partial charge in [0.15, 0.2) is 0 Å². The molecule has 0 atom stereocenters. The lowest BCUT2D eigenvalue weighted by Gasteiger charge is -1.96. The molecule has 0 aliphatic rings. The Bertz CT molecular complexity index is 174. The predicted octanol–water partition coefficient (Wildman–Crippen LogP) is 2.15. The van der Waals surface area contributed by atoms with Crippen LogP contribution in [0.2, 0.25) is 0 Å². The fraction of sp³-hybridized carbons (Fsp3) is 0.400. The van der Waals surface area contributed by atoms with Gasteiger partial charge in [-0.3, -0.25) is 0 Å². The lowest BCUT2D eigenvalue weighted by atomic mass is 10.2. The van der Waals surface area contributed by atoms with Crippen LogP contribution in [0.15, 0.2) is 30.3 Å². The van der Waals surface area contributed by atoms with E-state index in [-0.39, 0.29) is 0 Å². The van der Waals surface area contributed by atoms with Gasteiger partial charge in [-0.25, -0.2) is 5.90 Å². The Morgan fingerprint density at radius 2 is 1.75 bits per heavy atom. The van der Waals surface area contributed by atoms with E-state index in [1.54, 1.807) is 0 Å². The van der Waals surface area contributed by atoms with E-state index in [2.05, 4.69) is 17.0 Å². The first-order chi connectivity index (χ1) is 5.93. The molecule has 2 heteroatoms. The van der Waals surface area contributed by atoms with Crippen LogP contribution < -0.4 is 5.90 Å². The summed E-state index contributed by atoms with van der Waals surface area (Å²) in [5.74, 6) is 4.88. The molecule has 0 unspecified atom stereocenters. The van der Waals surface area contributed by atoms with Crippen molar-refractivity contribution in [3.63, 3.8) is 0 Å². The monoisotopic (exact) mass is 167 g/mol. The van der Waals surface area contributed by atoms with Crippen molar-refractivity contribution in [3.8, 4) is 0 Å². The normalized spacial score (nSPS) is 8.58. The van der Waals surface area contributed by atoms with Crippen LogP contribution in [0.25, 0.3) is 0 Å². The van der Waals surface area contributed by atoms with Crippen LogP contribution in [0, 0.1) is 0 Å². The highest BCUT2D eigenvalue weighted by Crippen LogP contribution is 1.98. The molecule has 0 aliphatic carbocycles. The van der Waals surface area contributed by atoms with E-state index < -0.39 is 0 Å². The van der Waals surface area contributed by atoms with Gasteiger partial charge in [-0.05, 0) is 12.0 Å².